The number of rotatable bonds is 3. The monoisotopic (exact) mass is 287 g/mol. The molecule has 1 aliphatic heterocycles. The second kappa shape index (κ2) is 4.93. The summed E-state index contributed by atoms with van der Waals surface area (Å²) in [5.41, 5.74) is 6.66. The number of aromatic nitrogens is 2. The summed E-state index contributed by atoms with van der Waals surface area (Å²) in [5.74, 6) is 1.65. The Morgan fingerprint density at radius 3 is 2.76 bits per heavy atom. The molecule has 0 radical (unpaired) electrons. The first-order chi connectivity index (χ1) is 10.1. The maximum atomic E-state index is 11.7. The van der Waals surface area contributed by atoms with Gasteiger partial charge in [0.15, 0.2) is 40.4 Å². The Balaban J connectivity index is 2.12. The molecule has 0 saturated heterocycles. The average molecular weight is 287 g/mol. The highest BCUT2D eigenvalue weighted by Gasteiger charge is 2.19. The van der Waals surface area contributed by atoms with Gasteiger partial charge in [0.05, 0.1) is 7.11 Å². The van der Waals surface area contributed by atoms with Crippen molar-refractivity contribution < 1.29 is 19.0 Å². The first-order valence-corrected chi connectivity index (χ1v) is 6.22. The van der Waals surface area contributed by atoms with Crippen LogP contribution >= 0.6 is 0 Å². The van der Waals surface area contributed by atoms with Crippen LogP contribution < -0.4 is 19.9 Å². The third kappa shape index (κ3) is 2.22. The molecule has 0 bridgehead atoms. The Bertz CT molecular complexity index is 730. The molecule has 2 aromatic rings. The van der Waals surface area contributed by atoms with Crippen molar-refractivity contribution in [1.82, 2.24) is 9.97 Å². The molecule has 0 amide bonds. The largest absolute Gasteiger partial charge is 0.491 e. The molecule has 108 valence electrons. The summed E-state index contributed by atoms with van der Waals surface area (Å²) in [6.45, 7) is 1.58. The highest BCUT2D eigenvalue weighted by molar-refractivity contribution is 5.96. The number of ether oxygens (including phenoxy) is 3. The number of hydrogen-bond acceptors (Lipinski definition) is 7. The number of methoxy groups -OCH3 is 1. The minimum Gasteiger partial charge on any atom is -0.491 e. The number of Topliss-reactive ketones (excluding diaryl/α,β-unsaturated/α-hetero) is 1. The van der Waals surface area contributed by atoms with Crippen LogP contribution in [0.3, 0.4) is 0 Å². The second-order valence-corrected chi connectivity index (χ2v) is 4.44. The second-order valence-electron chi connectivity index (χ2n) is 4.44. The van der Waals surface area contributed by atoms with E-state index in [-0.39, 0.29) is 29.8 Å². The molecule has 3 rings (SSSR count). The van der Waals surface area contributed by atoms with E-state index in [1.807, 2.05) is 0 Å². The number of nitrogens with zero attached hydrogens (tertiary/aromatic N) is 2. The summed E-state index contributed by atoms with van der Waals surface area (Å²) in [6, 6.07) is 5.28. The number of anilines is 1. The zero-order chi connectivity index (χ0) is 15.0. The summed E-state index contributed by atoms with van der Waals surface area (Å²) < 4.78 is 15.6. The third-order valence-corrected chi connectivity index (χ3v) is 3.06. The Morgan fingerprint density at radius 2 is 2.05 bits per heavy atom. The smallest absolute Gasteiger partial charge is 0.231 e. The molecular weight excluding hydrogens is 274 g/mol. The number of nitrogen functional groups attached to an aromatic ring is 1. The molecule has 1 aliphatic rings. The summed E-state index contributed by atoms with van der Waals surface area (Å²) in [4.78, 5) is 20.1. The van der Waals surface area contributed by atoms with Gasteiger partial charge >= 0.3 is 0 Å². The Kier molecular flexibility index (Phi) is 3.09. The van der Waals surface area contributed by atoms with Gasteiger partial charge in [0.1, 0.15) is 0 Å². The van der Waals surface area contributed by atoms with E-state index in [4.69, 9.17) is 19.9 Å². The van der Waals surface area contributed by atoms with Crippen LogP contribution in [0.25, 0.3) is 11.4 Å². The minimum atomic E-state index is -0.247. The summed E-state index contributed by atoms with van der Waals surface area (Å²) in [5, 5.41) is 0. The van der Waals surface area contributed by atoms with Crippen molar-refractivity contribution in [3.8, 4) is 28.6 Å². The lowest BCUT2D eigenvalue weighted by Gasteiger charge is -2.10. The van der Waals surface area contributed by atoms with Crippen molar-refractivity contribution in [2.45, 2.75) is 6.92 Å². The standard InChI is InChI=1S/C14H13N3O4/c1-7(18)11-12(19-2)13(15)17-14(16-11)8-3-4-9-10(5-8)21-6-20-9/h3-5H,6H2,1-2H3,(H2,15,16,17). The van der Waals surface area contributed by atoms with Gasteiger partial charge in [-0.3, -0.25) is 4.79 Å². The lowest BCUT2D eigenvalue weighted by Crippen LogP contribution is -2.08. The van der Waals surface area contributed by atoms with Crippen LogP contribution in [0.15, 0.2) is 18.2 Å². The Hall–Kier alpha value is -2.83. The lowest BCUT2D eigenvalue weighted by molar-refractivity contribution is 0.101. The molecule has 7 nitrogen and oxygen atoms in total. The van der Waals surface area contributed by atoms with Gasteiger partial charge in [-0.2, -0.15) is 0 Å². The van der Waals surface area contributed by atoms with E-state index >= 15 is 0 Å². The number of ketones is 1. The quantitative estimate of drug-likeness (QED) is 0.857. The molecule has 0 unspecified atom stereocenters. The fourth-order valence-electron chi connectivity index (χ4n) is 2.07. The first-order valence-electron chi connectivity index (χ1n) is 6.22. The van der Waals surface area contributed by atoms with Crippen LogP contribution in [0.2, 0.25) is 0 Å². The molecule has 0 spiro atoms. The van der Waals surface area contributed by atoms with Crippen molar-refractivity contribution >= 4 is 11.6 Å². The fourth-order valence-corrected chi connectivity index (χ4v) is 2.07. The van der Waals surface area contributed by atoms with Gasteiger partial charge in [0.2, 0.25) is 6.79 Å². The zero-order valence-electron chi connectivity index (χ0n) is 11.5. The van der Waals surface area contributed by atoms with Crippen molar-refractivity contribution in [3.05, 3.63) is 23.9 Å². The molecule has 2 heterocycles. The molecular formula is C14H13N3O4. The van der Waals surface area contributed by atoms with Crippen molar-refractivity contribution in [3.63, 3.8) is 0 Å². The maximum Gasteiger partial charge on any atom is 0.231 e. The number of hydrogen-bond donors (Lipinski definition) is 1. The average Bonchev–Trinajstić information content (AvgIpc) is 2.93. The van der Waals surface area contributed by atoms with Crippen LogP contribution in [0, 0.1) is 0 Å². The molecule has 0 aliphatic carbocycles. The van der Waals surface area contributed by atoms with E-state index in [1.54, 1.807) is 18.2 Å². The first kappa shape index (κ1) is 13.2. The van der Waals surface area contributed by atoms with Gasteiger partial charge in [-0.15, -0.1) is 0 Å². The van der Waals surface area contributed by atoms with E-state index in [1.165, 1.54) is 14.0 Å². The van der Waals surface area contributed by atoms with Gasteiger partial charge < -0.3 is 19.9 Å². The summed E-state index contributed by atoms with van der Waals surface area (Å²) >= 11 is 0. The number of fused-ring (bicyclic) bond motifs is 1. The zero-order valence-corrected chi connectivity index (χ0v) is 11.5. The predicted octanol–water partition coefficient (Wildman–Crippen LogP) is 1.67. The van der Waals surface area contributed by atoms with Crippen LogP contribution in [0.5, 0.6) is 17.2 Å². The van der Waals surface area contributed by atoms with Crippen molar-refractivity contribution in [1.29, 1.82) is 0 Å². The molecule has 0 atom stereocenters. The van der Waals surface area contributed by atoms with Gasteiger partial charge in [0.25, 0.3) is 0 Å². The van der Waals surface area contributed by atoms with E-state index in [2.05, 4.69) is 9.97 Å². The Labute approximate surface area is 120 Å². The normalized spacial score (nSPS) is 12.3. The number of nitrogens with two attached hydrogens (primary N) is 1. The molecule has 1 aromatic carbocycles. The van der Waals surface area contributed by atoms with Crippen LogP contribution in [0.1, 0.15) is 17.4 Å². The third-order valence-electron chi connectivity index (χ3n) is 3.06. The summed E-state index contributed by atoms with van der Waals surface area (Å²) in [6.07, 6.45) is 0. The van der Waals surface area contributed by atoms with Crippen LogP contribution in [-0.2, 0) is 0 Å². The molecule has 2 N–H and O–H groups in total. The maximum absolute atomic E-state index is 11.7. The van der Waals surface area contributed by atoms with Gasteiger partial charge in [0, 0.05) is 12.5 Å². The molecule has 21 heavy (non-hydrogen) atoms. The lowest BCUT2D eigenvalue weighted by atomic mass is 10.1. The topological polar surface area (TPSA) is 96.6 Å². The van der Waals surface area contributed by atoms with Gasteiger partial charge in [-0.25, -0.2) is 9.97 Å². The SMILES string of the molecule is COc1c(N)nc(-c2ccc3c(c2)OCO3)nc1C(C)=O. The van der Waals surface area contributed by atoms with Crippen molar-refractivity contribution in [2.75, 3.05) is 19.6 Å². The molecule has 0 fully saturated rings. The number of benzene rings is 1. The highest BCUT2D eigenvalue weighted by Crippen LogP contribution is 2.36. The van der Waals surface area contributed by atoms with E-state index in [0.717, 1.165) is 0 Å². The molecule has 7 heteroatoms. The number of carbonyl (C=O) groups is 1. The highest BCUT2D eigenvalue weighted by atomic mass is 16.7. The minimum absolute atomic E-state index is 0.116. The fraction of sp³-hybridized carbons (Fsp3) is 0.214. The predicted molar refractivity (Wildman–Crippen MR) is 74.6 cm³/mol. The van der Waals surface area contributed by atoms with Crippen LogP contribution in [0.4, 0.5) is 5.82 Å². The van der Waals surface area contributed by atoms with Gasteiger partial charge in [-0.05, 0) is 18.2 Å². The Morgan fingerprint density at radius 1 is 1.29 bits per heavy atom. The van der Waals surface area contributed by atoms with E-state index in [9.17, 15) is 4.79 Å². The van der Waals surface area contributed by atoms with Gasteiger partial charge in [-0.1, -0.05) is 0 Å². The summed E-state index contributed by atoms with van der Waals surface area (Å²) in [7, 11) is 1.42. The molecule has 1 aromatic heterocycles. The number of carbonyl (C=O) groups excluding carboxylic acids is 1. The van der Waals surface area contributed by atoms with E-state index < -0.39 is 0 Å². The van der Waals surface area contributed by atoms with Crippen molar-refractivity contribution in [2.24, 2.45) is 0 Å². The van der Waals surface area contributed by atoms with Crippen LogP contribution in [-0.4, -0.2) is 29.7 Å². The molecule has 0 saturated carbocycles. The van der Waals surface area contributed by atoms with E-state index in [0.29, 0.717) is 22.9 Å².